The molecule has 3 aliphatic heterocycles. The van der Waals surface area contributed by atoms with Crippen molar-refractivity contribution >= 4 is 36.0 Å². The van der Waals surface area contributed by atoms with E-state index >= 15 is 0 Å². The van der Waals surface area contributed by atoms with Gasteiger partial charge in [0.15, 0.2) is 11.4 Å². The second-order valence-corrected chi connectivity index (χ2v) is 18.5. The zero-order chi connectivity index (χ0) is 35.0. The van der Waals surface area contributed by atoms with Crippen LogP contribution in [0.25, 0.3) is 11.0 Å². The number of nitrogens with zero attached hydrogens (tertiary/aromatic N) is 5. The quantitative estimate of drug-likeness (QED) is 0.166. The van der Waals surface area contributed by atoms with Crippen molar-refractivity contribution in [2.75, 3.05) is 30.9 Å². The van der Waals surface area contributed by atoms with Crippen LogP contribution in [-0.4, -0.2) is 87.2 Å². The van der Waals surface area contributed by atoms with E-state index in [1.54, 1.807) is 0 Å². The molecule has 0 saturated carbocycles. The first-order valence-corrected chi connectivity index (χ1v) is 19.3. The minimum atomic E-state index is -3.58. The number of aryl methyl sites for hydroxylation is 2. The number of anilines is 1. The summed E-state index contributed by atoms with van der Waals surface area (Å²) < 4.78 is 52.4. The van der Waals surface area contributed by atoms with Gasteiger partial charge in [0, 0.05) is 25.0 Å². The molecule has 1 aliphatic carbocycles. The minimum Gasteiger partial charge on any atom is -0.367 e. The van der Waals surface area contributed by atoms with Crippen LogP contribution in [0, 0.1) is 0 Å². The fraction of sp³-hybridized carbons (Fsp3) is 0.686. The molecule has 49 heavy (non-hydrogen) atoms. The van der Waals surface area contributed by atoms with E-state index < -0.39 is 30.7 Å². The maximum atomic E-state index is 13.7. The molecule has 1 aromatic carbocycles. The van der Waals surface area contributed by atoms with Crippen LogP contribution in [0.1, 0.15) is 79.4 Å². The summed E-state index contributed by atoms with van der Waals surface area (Å²) in [5, 5.41) is 5.79. The molecule has 14 heteroatoms. The Morgan fingerprint density at radius 1 is 1.00 bits per heavy atom. The molecule has 3 aromatic rings. The highest BCUT2D eigenvalue weighted by Crippen LogP contribution is 2.54. The van der Waals surface area contributed by atoms with Crippen molar-refractivity contribution in [2.24, 2.45) is 0 Å². The van der Waals surface area contributed by atoms with Crippen molar-refractivity contribution in [3.8, 4) is 0 Å². The summed E-state index contributed by atoms with van der Waals surface area (Å²) >= 11 is 6.51. The molecular formula is C35H49ClN5O7P. The lowest BCUT2D eigenvalue weighted by atomic mass is 9.75. The SMILES string of the molecule is CC(C)(C)OP(=O)(COC[C@H]1O[C@H](CCn2ncc3c(N4CC5(CCc6ccccc65)C4)nc(Cl)nc32)[C@@H]2OC(C)(C)OC21)OC(C)(C)C. The molecule has 4 aliphatic rings. The van der Waals surface area contributed by atoms with Crippen LogP contribution in [0.3, 0.4) is 0 Å². The fourth-order valence-corrected chi connectivity index (χ4v) is 10.1. The van der Waals surface area contributed by atoms with Crippen LogP contribution in [0.2, 0.25) is 5.28 Å². The molecule has 3 saturated heterocycles. The third-order valence-electron chi connectivity index (χ3n) is 9.43. The van der Waals surface area contributed by atoms with Crippen molar-refractivity contribution in [3.05, 3.63) is 46.9 Å². The highest BCUT2D eigenvalue weighted by atomic mass is 35.5. The molecule has 3 fully saturated rings. The molecule has 0 amide bonds. The van der Waals surface area contributed by atoms with Gasteiger partial charge in [-0.05, 0) is 97.4 Å². The first-order chi connectivity index (χ1) is 22.9. The Labute approximate surface area is 293 Å². The largest absolute Gasteiger partial charge is 0.367 e. The number of ether oxygens (including phenoxy) is 4. The predicted octanol–water partition coefficient (Wildman–Crippen LogP) is 6.66. The highest BCUT2D eigenvalue weighted by molar-refractivity contribution is 7.53. The second-order valence-electron chi connectivity index (χ2n) is 16.3. The lowest BCUT2D eigenvalue weighted by Gasteiger charge is -2.49. The molecule has 268 valence electrons. The molecular weight excluding hydrogens is 669 g/mol. The molecule has 2 aromatic heterocycles. The van der Waals surface area contributed by atoms with E-state index in [0.717, 1.165) is 37.1 Å². The molecule has 12 nitrogen and oxygen atoms in total. The molecule has 0 radical (unpaired) electrons. The lowest BCUT2D eigenvalue weighted by Crippen LogP contribution is -2.58. The van der Waals surface area contributed by atoms with E-state index in [-0.39, 0.29) is 42.0 Å². The third kappa shape index (κ3) is 7.31. The summed E-state index contributed by atoms with van der Waals surface area (Å²) in [4.78, 5) is 11.5. The summed E-state index contributed by atoms with van der Waals surface area (Å²) in [5.41, 5.74) is 2.42. The van der Waals surface area contributed by atoms with Gasteiger partial charge in [-0.1, -0.05) is 24.3 Å². The number of aromatic nitrogens is 4. The predicted molar refractivity (Wildman–Crippen MR) is 186 cm³/mol. The summed E-state index contributed by atoms with van der Waals surface area (Å²) in [5.74, 6) is 0.0426. The van der Waals surface area contributed by atoms with Crippen LogP contribution < -0.4 is 4.90 Å². The van der Waals surface area contributed by atoms with Crippen molar-refractivity contribution in [1.82, 2.24) is 19.7 Å². The Hall–Kier alpha value is -2.15. The van der Waals surface area contributed by atoms with E-state index in [1.165, 1.54) is 11.1 Å². The van der Waals surface area contributed by atoms with Gasteiger partial charge in [-0.2, -0.15) is 15.1 Å². The van der Waals surface area contributed by atoms with E-state index in [0.29, 0.717) is 18.6 Å². The Kier molecular flexibility index (Phi) is 9.01. The minimum absolute atomic E-state index is 0.140. The smallest absolute Gasteiger partial charge is 0.357 e. The van der Waals surface area contributed by atoms with Gasteiger partial charge < -0.3 is 32.9 Å². The lowest BCUT2D eigenvalue weighted by molar-refractivity contribution is -0.192. The van der Waals surface area contributed by atoms with Crippen LogP contribution in [0.4, 0.5) is 5.82 Å². The molecule has 5 heterocycles. The highest BCUT2D eigenvalue weighted by Gasteiger charge is 2.55. The Bertz CT molecular complexity index is 1730. The van der Waals surface area contributed by atoms with Crippen LogP contribution in [0.5, 0.6) is 0 Å². The zero-order valence-electron chi connectivity index (χ0n) is 29.8. The van der Waals surface area contributed by atoms with Crippen LogP contribution in [-0.2, 0) is 50.9 Å². The van der Waals surface area contributed by atoms with E-state index in [4.69, 9.17) is 44.7 Å². The number of rotatable bonds is 10. The third-order valence-corrected chi connectivity index (χ3v) is 11.7. The Morgan fingerprint density at radius 2 is 1.67 bits per heavy atom. The number of fused-ring (bicyclic) bond motifs is 4. The standard InChI is InChI=1S/C35H49ClN5O7P/c1-32(2,3)47-49(42,48-33(4,5)6)21-43-18-26-28-27(45-34(7,8)46-28)25(44-26)14-16-41-30-23(17-37-41)29(38-31(36)39-30)40-19-35(20-40)15-13-22-11-9-10-12-24(22)35/h9-12,17,25-28H,13-16,18-21H2,1-8H3/t25-,26-,27+,28?/m1/s1. The maximum Gasteiger partial charge on any atom is 0.357 e. The second kappa shape index (κ2) is 12.5. The van der Waals surface area contributed by atoms with E-state index in [1.807, 2.05) is 66.3 Å². The van der Waals surface area contributed by atoms with E-state index in [9.17, 15) is 4.57 Å². The average Bonchev–Trinajstić information content (AvgIpc) is 3.69. The van der Waals surface area contributed by atoms with Gasteiger partial charge in [-0.15, -0.1) is 0 Å². The van der Waals surface area contributed by atoms with Crippen LogP contribution in [0.15, 0.2) is 30.5 Å². The Morgan fingerprint density at radius 3 is 2.37 bits per heavy atom. The van der Waals surface area contributed by atoms with Crippen molar-refractivity contribution in [3.63, 3.8) is 0 Å². The summed E-state index contributed by atoms with van der Waals surface area (Å²) in [6, 6.07) is 8.78. The molecule has 0 bridgehead atoms. The van der Waals surface area contributed by atoms with Gasteiger partial charge in [0.1, 0.15) is 30.5 Å². The first kappa shape index (κ1) is 35.3. The van der Waals surface area contributed by atoms with Gasteiger partial charge in [-0.25, -0.2) is 4.68 Å². The van der Waals surface area contributed by atoms with Crippen molar-refractivity contribution < 1.29 is 32.6 Å². The van der Waals surface area contributed by atoms with Gasteiger partial charge in [0.25, 0.3) is 0 Å². The van der Waals surface area contributed by atoms with E-state index in [2.05, 4.69) is 39.1 Å². The average molecular weight is 718 g/mol. The molecule has 7 rings (SSSR count). The Balaban J connectivity index is 1.02. The molecule has 1 unspecified atom stereocenters. The normalized spacial score (nSPS) is 26.0. The topological polar surface area (TPSA) is 119 Å². The summed E-state index contributed by atoms with van der Waals surface area (Å²) in [6.07, 6.45) is 3.08. The summed E-state index contributed by atoms with van der Waals surface area (Å²) in [7, 11) is -3.58. The number of hydrogen-bond acceptors (Lipinski definition) is 11. The number of halogens is 1. The van der Waals surface area contributed by atoms with Crippen LogP contribution >= 0.6 is 19.2 Å². The zero-order valence-corrected chi connectivity index (χ0v) is 31.4. The molecule has 4 atom stereocenters. The number of benzene rings is 1. The van der Waals surface area contributed by atoms with Gasteiger partial charge in [-0.3, -0.25) is 4.57 Å². The molecule has 1 spiro atoms. The van der Waals surface area contributed by atoms with Gasteiger partial charge in [0.2, 0.25) is 5.28 Å². The first-order valence-electron chi connectivity index (χ1n) is 17.2. The fourth-order valence-electron chi connectivity index (χ4n) is 7.82. The maximum absolute atomic E-state index is 13.7. The summed E-state index contributed by atoms with van der Waals surface area (Å²) in [6.45, 7) is 17.3. The van der Waals surface area contributed by atoms with Crippen molar-refractivity contribution in [2.45, 2.75) is 128 Å². The van der Waals surface area contributed by atoms with Crippen molar-refractivity contribution in [1.29, 1.82) is 0 Å². The van der Waals surface area contributed by atoms with Gasteiger partial charge >= 0.3 is 7.60 Å². The molecule has 0 N–H and O–H groups in total. The number of hydrogen-bond donors (Lipinski definition) is 0. The van der Waals surface area contributed by atoms with Gasteiger partial charge in [0.05, 0.1) is 35.5 Å². The monoisotopic (exact) mass is 717 g/mol.